The second kappa shape index (κ2) is 8.15. The first-order valence-electron chi connectivity index (χ1n) is 7.31. The fourth-order valence-corrected chi connectivity index (χ4v) is 2.74. The van der Waals surface area contributed by atoms with Crippen LogP contribution < -0.4 is 5.73 Å². The Morgan fingerprint density at radius 3 is 2.60 bits per heavy atom. The van der Waals surface area contributed by atoms with Crippen LogP contribution in [0.5, 0.6) is 0 Å². The van der Waals surface area contributed by atoms with E-state index in [1.54, 1.807) is 0 Å². The Hall–Kier alpha value is -1.22. The van der Waals surface area contributed by atoms with Gasteiger partial charge in [0.1, 0.15) is 0 Å². The Labute approximate surface area is 127 Å². The fraction of sp³-hybridized carbons (Fsp3) is 0.562. The molecule has 4 heteroatoms. The highest BCUT2D eigenvalue weighted by molar-refractivity contribution is 5.85. The zero-order valence-electron chi connectivity index (χ0n) is 12.2. The number of nitrogens with zero attached hydrogens (tertiary/aromatic N) is 1. The Balaban J connectivity index is 0.00000200. The summed E-state index contributed by atoms with van der Waals surface area (Å²) >= 11 is 0. The first kappa shape index (κ1) is 16.8. The molecule has 3 nitrogen and oxygen atoms in total. The Kier molecular flexibility index (Phi) is 6.86. The number of benzene rings is 1. The number of rotatable bonds is 3. The van der Waals surface area contributed by atoms with Gasteiger partial charge in [0.25, 0.3) is 0 Å². The summed E-state index contributed by atoms with van der Waals surface area (Å²) in [7, 11) is 0. The summed E-state index contributed by atoms with van der Waals surface area (Å²) in [5.74, 6) is 1.05. The van der Waals surface area contributed by atoms with Crippen LogP contribution in [0.3, 0.4) is 0 Å². The topological polar surface area (TPSA) is 46.3 Å². The molecule has 0 spiro atoms. The Bertz CT molecular complexity index is 419. The molecule has 112 valence electrons. The standard InChI is InChI=1S/C16H24N2O.ClH/c1-2-13-4-3-10-18(11-9-13)16(19)12-14-5-7-15(17)8-6-14;/h5-8,13H,2-4,9-12,17H2,1H3;1H. The van der Waals surface area contributed by atoms with Crippen molar-refractivity contribution in [3.63, 3.8) is 0 Å². The minimum Gasteiger partial charge on any atom is -0.399 e. The third kappa shape index (κ3) is 4.71. The number of hydrogen-bond donors (Lipinski definition) is 1. The molecule has 1 aromatic carbocycles. The van der Waals surface area contributed by atoms with Gasteiger partial charge in [0.05, 0.1) is 6.42 Å². The second-order valence-electron chi connectivity index (χ2n) is 5.50. The molecule has 1 atom stereocenters. The SMILES string of the molecule is CCC1CCCN(C(=O)Cc2ccc(N)cc2)CC1.Cl. The van der Waals surface area contributed by atoms with Gasteiger partial charge in [-0.15, -0.1) is 12.4 Å². The number of nitrogen functional groups attached to an aromatic ring is 1. The number of anilines is 1. The van der Waals surface area contributed by atoms with Crippen molar-refractivity contribution in [2.45, 2.75) is 39.0 Å². The van der Waals surface area contributed by atoms with Crippen LogP contribution in [0.25, 0.3) is 0 Å². The van der Waals surface area contributed by atoms with Crippen LogP contribution in [0, 0.1) is 5.92 Å². The molecule has 1 saturated heterocycles. The van der Waals surface area contributed by atoms with Crippen molar-refractivity contribution in [3.05, 3.63) is 29.8 Å². The van der Waals surface area contributed by atoms with E-state index in [4.69, 9.17) is 5.73 Å². The number of hydrogen-bond acceptors (Lipinski definition) is 2. The summed E-state index contributed by atoms with van der Waals surface area (Å²) in [6.07, 6.45) is 5.30. The Morgan fingerprint density at radius 1 is 1.25 bits per heavy atom. The second-order valence-corrected chi connectivity index (χ2v) is 5.50. The van der Waals surface area contributed by atoms with Crippen LogP contribution >= 0.6 is 12.4 Å². The summed E-state index contributed by atoms with van der Waals surface area (Å²) in [6.45, 7) is 4.09. The lowest BCUT2D eigenvalue weighted by molar-refractivity contribution is -0.130. The molecule has 1 aromatic rings. The van der Waals surface area contributed by atoms with Crippen LogP contribution in [0.1, 0.15) is 38.2 Å². The van der Waals surface area contributed by atoms with Crippen LogP contribution in [-0.2, 0) is 11.2 Å². The van der Waals surface area contributed by atoms with E-state index < -0.39 is 0 Å². The normalized spacial score (nSPS) is 19.1. The van der Waals surface area contributed by atoms with Crippen LogP contribution in [-0.4, -0.2) is 23.9 Å². The van der Waals surface area contributed by atoms with Gasteiger partial charge in [0.2, 0.25) is 5.91 Å². The summed E-state index contributed by atoms with van der Waals surface area (Å²) in [6, 6.07) is 7.61. The molecule has 1 unspecified atom stereocenters. The van der Waals surface area contributed by atoms with Gasteiger partial charge in [-0.05, 0) is 42.9 Å². The first-order chi connectivity index (χ1) is 9.19. The van der Waals surface area contributed by atoms with Crippen molar-refractivity contribution < 1.29 is 4.79 Å². The van der Waals surface area contributed by atoms with E-state index in [9.17, 15) is 4.79 Å². The molecule has 2 rings (SSSR count). The number of nitrogens with two attached hydrogens (primary N) is 1. The predicted molar refractivity (Wildman–Crippen MR) is 86.0 cm³/mol. The molecule has 20 heavy (non-hydrogen) atoms. The quantitative estimate of drug-likeness (QED) is 0.870. The van der Waals surface area contributed by atoms with Gasteiger partial charge < -0.3 is 10.6 Å². The molecule has 2 N–H and O–H groups in total. The number of amides is 1. The minimum absolute atomic E-state index is 0. The zero-order chi connectivity index (χ0) is 13.7. The molecule has 1 aliphatic heterocycles. The highest BCUT2D eigenvalue weighted by Gasteiger charge is 2.19. The van der Waals surface area contributed by atoms with Crippen LogP contribution in [0.4, 0.5) is 5.69 Å². The van der Waals surface area contributed by atoms with E-state index in [0.29, 0.717) is 6.42 Å². The van der Waals surface area contributed by atoms with E-state index >= 15 is 0 Å². The molecule has 1 fully saturated rings. The van der Waals surface area contributed by atoms with Gasteiger partial charge in [-0.2, -0.15) is 0 Å². The molecule has 1 heterocycles. The summed E-state index contributed by atoms with van der Waals surface area (Å²) in [4.78, 5) is 14.3. The third-order valence-corrected chi connectivity index (χ3v) is 4.11. The van der Waals surface area contributed by atoms with Crippen molar-refractivity contribution >= 4 is 24.0 Å². The number of likely N-dealkylation sites (tertiary alicyclic amines) is 1. The molecular weight excluding hydrogens is 272 g/mol. The summed E-state index contributed by atoms with van der Waals surface area (Å²) in [5, 5.41) is 0. The van der Waals surface area contributed by atoms with Gasteiger partial charge in [0.15, 0.2) is 0 Å². The monoisotopic (exact) mass is 296 g/mol. The fourth-order valence-electron chi connectivity index (χ4n) is 2.74. The molecule has 0 radical (unpaired) electrons. The minimum atomic E-state index is 0. The Morgan fingerprint density at radius 2 is 1.95 bits per heavy atom. The van der Waals surface area contributed by atoms with E-state index in [1.807, 2.05) is 29.2 Å². The van der Waals surface area contributed by atoms with Gasteiger partial charge >= 0.3 is 0 Å². The smallest absolute Gasteiger partial charge is 0.226 e. The predicted octanol–water partition coefficient (Wildman–Crippen LogP) is 3.27. The maximum absolute atomic E-state index is 12.3. The summed E-state index contributed by atoms with van der Waals surface area (Å²) in [5.41, 5.74) is 7.45. The average molecular weight is 297 g/mol. The average Bonchev–Trinajstić information content (AvgIpc) is 2.66. The molecule has 1 amide bonds. The lowest BCUT2D eigenvalue weighted by atomic mass is 9.98. The van der Waals surface area contributed by atoms with Crippen LogP contribution in [0.15, 0.2) is 24.3 Å². The maximum Gasteiger partial charge on any atom is 0.226 e. The van der Waals surface area contributed by atoms with E-state index in [-0.39, 0.29) is 18.3 Å². The molecule has 0 bridgehead atoms. The van der Waals surface area contributed by atoms with Crippen molar-refractivity contribution in [2.75, 3.05) is 18.8 Å². The number of halogens is 1. The lowest BCUT2D eigenvalue weighted by Crippen LogP contribution is -2.33. The van der Waals surface area contributed by atoms with Gasteiger partial charge in [-0.25, -0.2) is 0 Å². The molecule has 0 aliphatic carbocycles. The first-order valence-corrected chi connectivity index (χ1v) is 7.31. The van der Waals surface area contributed by atoms with E-state index in [0.717, 1.165) is 43.1 Å². The van der Waals surface area contributed by atoms with Gasteiger partial charge in [0, 0.05) is 18.8 Å². The highest BCUT2D eigenvalue weighted by Crippen LogP contribution is 2.20. The van der Waals surface area contributed by atoms with E-state index in [2.05, 4.69) is 6.92 Å². The lowest BCUT2D eigenvalue weighted by Gasteiger charge is -2.20. The molecular formula is C16H25ClN2O. The molecule has 0 saturated carbocycles. The van der Waals surface area contributed by atoms with Crippen molar-refractivity contribution in [3.8, 4) is 0 Å². The van der Waals surface area contributed by atoms with Crippen LogP contribution in [0.2, 0.25) is 0 Å². The van der Waals surface area contributed by atoms with Gasteiger partial charge in [-0.1, -0.05) is 25.5 Å². The van der Waals surface area contributed by atoms with E-state index in [1.165, 1.54) is 12.8 Å². The highest BCUT2D eigenvalue weighted by atomic mass is 35.5. The zero-order valence-corrected chi connectivity index (χ0v) is 13.0. The molecule has 1 aliphatic rings. The van der Waals surface area contributed by atoms with Crippen molar-refractivity contribution in [1.29, 1.82) is 0 Å². The summed E-state index contributed by atoms with van der Waals surface area (Å²) < 4.78 is 0. The third-order valence-electron chi connectivity index (χ3n) is 4.11. The number of carbonyl (C=O) groups is 1. The largest absolute Gasteiger partial charge is 0.399 e. The van der Waals surface area contributed by atoms with Crippen molar-refractivity contribution in [1.82, 2.24) is 4.90 Å². The number of carbonyl (C=O) groups excluding carboxylic acids is 1. The van der Waals surface area contributed by atoms with Crippen molar-refractivity contribution in [2.24, 2.45) is 5.92 Å². The maximum atomic E-state index is 12.3. The molecule has 0 aromatic heterocycles. The van der Waals surface area contributed by atoms with Gasteiger partial charge in [-0.3, -0.25) is 4.79 Å².